The predicted octanol–water partition coefficient (Wildman–Crippen LogP) is 2.84. The quantitative estimate of drug-likeness (QED) is 0.888. The van der Waals surface area contributed by atoms with Crippen LogP contribution in [0.4, 0.5) is 4.39 Å². The van der Waals surface area contributed by atoms with Crippen LogP contribution in [-0.2, 0) is 6.61 Å². The highest BCUT2D eigenvalue weighted by Crippen LogP contribution is 2.16. The molecule has 1 heterocycles. The highest BCUT2D eigenvalue weighted by Gasteiger charge is 2.22. The lowest BCUT2D eigenvalue weighted by atomic mass is 10.1. The highest BCUT2D eigenvalue weighted by molar-refractivity contribution is 5.91. The Kier molecular flexibility index (Phi) is 5.05. The Labute approximate surface area is 134 Å². The van der Waals surface area contributed by atoms with Gasteiger partial charge in [-0.3, -0.25) is 4.79 Å². The van der Waals surface area contributed by atoms with Crippen LogP contribution in [0.15, 0.2) is 40.8 Å². The highest BCUT2D eigenvalue weighted by atomic mass is 19.1. The molecule has 0 atom stereocenters. The largest absolute Gasteiger partial charge is 0.486 e. The van der Waals surface area contributed by atoms with E-state index in [9.17, 15) is 14.3 Å². The molecule has 0 radical (unpaired) electrons. The van der Waals surface area contributed by atoms with Crippen LogP contribution >= 0.6 is 0 Å². The Balaban J connectivity index is 1.94. The summed E-state index contributed by atoms with van der Waals surface area (Å²) in [5, 5.41) is 9.75. The molecule has 0 aliphatic heterocycles. The first-order chi connectivity index (χ1) is 10.7. The van der Waals surface area contributed by atoms with Crippen molar-refractivity contribution in [2.75, 3.05) is 13.6 Å². The summed E-state index contributed by atoms with van der Waals surface area (Å²) in [6.45, 7) is 3.57. The molecule has 5 nitrogen and oxygen atoms in total. The van der Waals surface area contributed by atoms with Gasteiger partial charge in [-0.1, -0.05) is 0 Å². The molecule has 1 aromatic heterocycles. The lowest BCUT2D eigenvalue weighted by molar-refractivity contribution is 0.0350. The van der Waals surface area contributed by atoms with E-state index in [2.05, 4.69) is 0 Å². The molecule has 1 aromatic carbocycles. The summed E-state index contributed by atoms with van der Waals surface area (Å²) in [5.41, 5.74) is -0.981. The monoisotopic (exact) mass is 321 g/mol. The van der Waals surface area contributed by atoms with Crippen molar-refractivity contribution in [3.8, 4) is 5.75 Å². The van der Waals surface area contributed by atoms with E-state index in [-0.39, 0.29) is 30.6 Å². The maximum atomic E-state index is 12.8. The summed E-state index contributed by atoms with van der Waals surface area (Å²) in [4.78, 5) is 13.6. The summed E-state index contributed by atoms with van der Waals surface area (Å²) in [6, 6.07) is 8.85. The third-order valence-electron chi connectivity index (χ3n) is 3.04. The van der Waals surface area contributed by atoms with Crippen LogP contribution in [0.5, 0.6) is 5.75 Å². The normalized spacial score (nSPS) is 11.3. The Bertz CT molecular complexity index is 658. The van der Waals surface area contributed by atoms with E-state index in [0.29, 0.717) is 11.5 Å². The van der Waals surface area contributed by atoms with Gasteiger partial charge in [0.05, 0.1) is 5.60 Å². The van der Waals surface area contributed by atoms with Crippen molar-refractivity contribution in [1.82, 2.24) is 4.90 Å². The second-order valence-corrected chi connectivity index (χ2v) is 5.98. The zero-order valence-electron chi connectivity index (χ0n) is 13.4. The number of furan rings is 1. The zero-order chi connectivity index (χ0) is 17.0. The van der Waals surface area contributed by atoms with Crippen molar-refractivity contribution in [3.63, 3.8) is 0 Å². The lowest BCUT2D eigenvalue weighted by Crippen LogP contribution is -2.39. The standard InChI is InChI=1S/C17H20FNO4/c1-17(2,21)11-19(3)16(20)15-9-8-14(23-15)10-22-13-6-4-12(18)5-7-13/h4-9,21H,10-11H2,1-3H3. The average molecular weight is 321 g/mol. The van der Waals surface area contributed by atoms with Gasteiger partial charge in [-0.05, 0) is 50.2 Å². The number of benzene rings is 1. The minimum absolute atomic E-state index is 0.133. The first kappa shape index (κ1) is 17.0. The van der Waals surface area contributed by atoms with E-state index < -0.39 is 5.60 Å². The van der Waals surface area contributed by atoms with Gasteiger partial charge < -0.3 is 19.2 Å². The van der Waals surface area contributed by atoms with Crippen molar-refractivity contribution in [3.05, 3.63) is 53.7 Å². The van der Waals surface area contributed by atoms with E-state index >= 15 is 0 Å². The number of hydrogen-bond donors (Lipinski definition) is 1. The van der Waals surface area contributed by atoms with Crippen molar-refractivity contribution < 1.29 is 23.4 Å². The van der Waals surface area contributed by atoms with Gasteiger partial charge in [-0.2, -0.15) is 0 Å². The SMILES string of the molecule is CN(CC(C)(C)O)C(=O)c1ccc(COc2ccc(F)cc2)o1. The van der Waals surface area contributed by atoms with Gasteiger partial charge in [-0.25, -0.2) is 4.39 Å². The van der Waals surface area contributed by atoms with Crippen LogP contribution in [0.1, 0.15) is 30.2 Å². The fourth-order valence-electron chi connectivity index (χ4n) is 2.10. The minimum Gasteiger partial charge on any atom is -0.486 e. The lowest BCUT2D eigenvalue weighted by Gasteiger charge is -2.24. The Hall–Kier alpha value is -2.34. The van der Waals surface area contributed by atoms with Gasteiger partial charge in [0.25, 0.3) is 5.91 Å². The average Bonchev–Trinajstić information content (AvgIpc) is 2.93. The number of aliphatic hydroxyl groups is 1. The first-order valence-corrected chi connectivity index (χ1v) is 7.19. The van der Waals surface area contributed by atoms with Gasteiger partial charge in [-0.15, -0.1) is 0 Å². The summed E-state index contributed by atoms with van der Waals surface area (Å²) >= 11 is 0. The molecular weight excluding hydrogens is 301 g/mol. The maximum Gasteiger partial charge on any atom is 0.289 e. The Morgan fingerprint density at radius 3 is 2.52 bits per heavy atom. The van der Waals surface area contributed by atoms with Gasteiger partial charge in [0, 0.05) is 13.6 Å². The topological polar surface area (TPSA) is 62.9 Å². The van der Waals surface area contributed by atoms with Crippen molar-refractivity contribution in [1.29, 1.82) is 0 Å². The van der Waals surface area contributed by atoms with E-state index in [1.165, 1.54) is 29.2 Å². The van der Waals surface area contributed by atoms with Crippen LogP contribution in [-0.4, -0.2) is 35.1 Å². The molecule has 0 saturated carbocycles. The Morgan fingerprint density at radius 1 is 1.26 bits per heavy atom. The van der Waals surface area contributed by atoms with E-state index in [4.69, 9.17) is 9.15 Å². The maximum absolute atomic E-state index is 12.8. The van der Waals surface area contributed by atoms with Gasteiger partial charge in [0.2, 0.25) is 0 Å². The first-order valence-electron chi connectivity index (χ1n) is 7.19. The second-order valence-electron chi connectivity index (χ2n) is 5.98. The summed E-state index contributed by atoms with van der Waals surface area (Å²) in [5.74, 6) is 0.511. The number of rotatable bonds is 6. The molecule has 2 aromatic rings. The molecular formula is C17H20FNO4. The van der Waals surface area contributed by atoms with E-state index in [1.807, 2.05) is 0 Å². The van der Waals surface area contributed by atoms with Gasteiger partial charge in [0.1, 0.15) is 23.9 Å². The number of hydrogen-bond acceptors (Lipinski definition) is 4. The second kappa shape index (κ2) is 6.83. The summed E-state index contributed by atoms with van der Waals surface area (Å²) in [7, 11) is 1.59. The smallest absolute Gasteiger partial charge is 0.289 e. The fourth-order valence-corrected chi connectivity index (χ4v) is 2.10. The molecule has 23 heavy (non-hydrogen) atoms. The minimum atomic E-state index is -0.981. The summed E-state index contributed by atoms with van der Waals surface area (Å²) < 4.78 is 23.7. The van der Waals surface area contributed by atoms with E-state index in [0.717, 1.165) is 0 Å². The fraction of sp³-hybridized carbons (Fsp3) is 0.353. The molecule has 6 heteroatoms. The van der Waals surface area contributed by atoms with Crippen LogP contribution in [0.3, 0.4) is 0 Å². The number of amides is 1. The molecule has 2 rings (SSSR count). The molecule has 0 unspecified atom stereocenters. The van der Waals surface area contributed by atoms with Crippen molar-refractivity contribution in [2.24, 2.45) is 0 Å². The number of nitrogens with zero attached hydrogens (tertiary/aromatic N) is 1. The molecule has 0 saturated heterocycles. The van der Waals surface area contributed by atoms with Crippen molar-refractivity contribution >= 4 is 5.91 Å². The molecule has 124 valence electrons. The molecule has 0 bridgehead atoms. The van der Waals surface area contributed by atoms with Crippen molar-refractivity contribution in [2.45, 2.75) is 26.1 Å². The number of carbonyl (C=O) groups is 1. The van der Waals surface area contributed by atoms with Gasteiger partial charge >= 0.3 is 0 Å². The number of halogens is 1. The van der Waals surface area contributed by atoms with E-state index in [1.54, 1.807) is 33.0 Å². The molecule has 1 amide bonds. The van der Waals surface area contributed by atoms with Crippen LogP contribution in [0.2, 0.25) is 0 Å². The third kappa shape index (κ3) is 5.10. The zero-order valence-corrected chi connectivity index (χ0v) is 13.4. The number of ether oxygens (including phenoxy) is 1. The molecule has 1 N–H and O–H groups in total. The molecule has 0 aliphatic carbocycles. The number of carbonyl (C=O) groups excluding carboxylic acids is 1. The van der Waals surface area contributed by atoms with Crippen LogP contribution in [0.25, 0.3) is 0 Å². The van der Waals surface area contributed by atoms with Crippen LogP contribution < -0.4 is 4.74 Å². The van der Waals surface area contributed by atoms with Crippen LogP contribution in [0, 0.1) is 5.82 Å². The Morgan fingerprint density at radius 2 is 1.91 bits per heavy atom. The number of likely N-dealkylation sites (N-methyl/N-ethyl adjacent to an activating group) is 1. The molecule has 0 spiro atoms. The molecule has 0 fully saturated rings. The predicted molar refractivity (Wildman–Crippen MR) is 82.7 cm³/mol. The summed E-state index contributed by atoms with van der Waals surface area (Å²) in [6.07, 6.45) is 0. The van der Waals surface area contributed by atoms with Gasteiger partial charge in [0.15, 0.2) is 5.76 Å². The molecule has 0 aliphatic rings. The third-order valence-corrected chi connectivity index (χ3v) is 3.04.